The van der Waals surface area contributed by atoms with E-state index in [1.807, 2.05) is 25.1 Å². The Bertz CT molecular complexity index is 795. The molecule has 0 saturated heterocycles. The summed E-state index contributed by atoms with van der Waals surface area (Å²) in [7, 11) is 0. The Morgan fingerprint density at radius 2 is 2.13 bits per heavy atom. The number of rotatable bonds is 10. The van der Waals surface area contributed by atoms with E-state index in [1.165, 1.54) is 5.57 Å². The molecule has 0 heterocycles. The van der Waals surface area contributed by atoms with Crippen LogP contribution in [0, 0.1) is 17.8 Å². The first kappa shape index (κ1) is 22.8. The third kappa shape index (κ3) is 5.83. The Morgan fingerprint density at radius 1 is 1.33 bits per heavy atom. The van der Waals surface area contributed by atoms with E-state index in [0.717, 1.165) is 50.5 Å². The van der Waals surface area contributed by atoms with E-state index in [0.29, 0.717) is 23.8 Å². The predicted molar refractivity (Wildman–Crippen MR) is 121 cm³/mol. The summed E-state index contributed by atoms with van der Waals surface area (Å²) in [5.74, 6) is 0.693. The third-order valence-corrected chi connectivity index (χ3v) is 6.88. The van der Waals surface area contributed by atoms with Crippen LogP contribution in [0.1, 0.15) is 74.7 Å². The molecule has 1 saturated carbocycles. The first-order valence-electron chi connectivity index (χ1n) is 11.4. The summed E-state index contributed by atoms with van der Waals surface area (Å²) in [5.41, 5.74) is 7.88. The molecule has 30 heavy (non-hydrogen) atoms. The number of primary amides is 1. The van der Waals surface area contributed by atoms with Crippen LogP contribution in [-0.2, 0) is 6.42 Å². The monoisotopic (exact) mass is 411 g/mol. The maximum Gasteiger partial charge on any atom is 0.248 e. The summed E-state index contributed by atoms with van der Waals surface area (Å²) >= 11 is 0. The van der Waals surface area contributed by atoms with Crippen LogP contribution in [0.25, 0.3) is 0 Å². The number of amides is 1. The molecule has 1 aromatic rings. The molecule has 0 unspecified atom stereocenters. The number of hydrogen-bond donors (Lipinski definition) is 3. The first-order chi connectivity index (χ1) is 14.3. The number of benzene rings is 1. The molecule has 0 aromatic heterocycles. The fourth-order valence-corrected chi connectivity index (χ4v) is 5.11. The van der Waals surface area contributed by atoms with E-state index < -0.39 is 5.60 Å². The van der Waals surface area contributed by atoms with Gasteiger partial charge >= 0.3 is 0 Å². The summed E-state index contributed by atoms with van der Waals surface area (Å²) in [6.07, 6.45) is 13.6. The summed E-state index contributed by atoms with van der Waals surface area (Å²) in [4.78, 5) is 11.4. The van der Waals surface area contributed by atoms with Crippen molar-refractivity contribution in [2.45, 2.75) is 76.9 Å². The molecule has 2 aliphatic rings. The van der Waals surface area contributed by atoms with Crippen LogP contribution in [-0.4, -0.2) is 27.8 Å². The number of carbonyl (C=O) groups excluding carboxylic acids is 1. The van der Waals surface area contributed by atoms with E-state index in [9.17, 15) is 15.0 Å². The van der Waals surface area contributed by atoms with Crippen molar-refractivity contribution in [2.24, 2.45) is 23.5 Å². The molecule has 0 radical (unpaired) electrons. The van der Waals surface area contributed by atoms with Gasteiger partial charge in [-0.15, -0.1) is 0 Å². The molecule has 164 valence electrons. The molecule has 0 spiro atoms. The van der Waals surface area contributed by atoms with Gasteiger partial charge in [0, 0.05) is 11.5 Å². The van der Waals surface area contributed by atoms with Gasteiger partial charge in [0.25, 0.3) is 0 Å². The molecule has 5 atom stereocenters. The number of aryl methyl sites for hydroxylation is 1. The third-order valence-electron chi connectivity index (χ3n) is 6.88. The zero-order chi connectivity index (χ0) is 21.7. The molecule has 4 N–H and O–H groups in total. The van der Waals surface area contributed by atoms with Gasteiger partial charge in [0.1, 0.15) is 0 Å². The second-order valence-corrected chi connectivity index (χ2v) is 9.53. The second kappa shape index (κ2) is 9.93. The van der Waals surface area contributed by atoms with E-state index in [1.54, 1.807) is 6.07 Å². The fourth-order valence-electron chi connectivity index (χ4n) is 5.11. The van der Waals surface area contributed by atoms with Crippen LogP contribution < -0.4 is 5.73 Å². The number of hydrogen-bond acceptors (Lipinski definition) is 3. The summed E-state index contributed by atoms with van der Waals surface area (Å²) in [5, 5.41) is 21.0. The largest absolute Gasteiger partial charge is 0.392 e. The minimum absolute atomic E-state index is 0.170. The molecule has 2 aliphatic carbocycles. The zero-order valence-corrected chi connectivity index (χ0v) is 18.4. The Balaban J connectivity index is 1.54. The molecule has 0 aliphatic heterocycles. The highest BCUT2D eigenvalue weighted by atomic mass is 16.3. The Hall–Kier alpha value is -1.91. The van der Waals surface area contributed by atoms with Gasteiger partial charge in [0.05, 0.1) is 11.7 Å². The summed E-state index contributed by atoms with van der Waals surface area (Å²) in [6.45, 7) is 4.05. The van der Waals surface area contributed by atoms with E-state index >= 15 is 0 Å². The van der Waals surface area contributed by atoms with E-state index in [-0.39, 0.29) is 17.9 Å². The molecule has 1 fully saturated rings. The van der Waals surface area contributed by atoms with Gasteiger partial charge in [-0.1, -0.05) is 55.7 Å². The quantitative estimate of drug-likeness (QED) is 0.494. The van der Waals surface area contributed by atoms with Crippen LogP contribution in [0.15, 0.2) is 48.1 Å². The fraction of sp³-hybridized carbons (Fsp3) is 0.577. The number of aliphatic hydroxyl groups is 2. The van der Waals surface area contributed by atoms with Gasteiger partial charge in [-0.3, -0.25) is 4.79 Å². The summed E-state index contributed by atoms with van der Waals surface area (Å²) < 4.78 is 0. The number of unbranched alkanes of at least 4 members (excludes halogenated alkanes) is 1. The lowest BCUT2D eigenvalue weighted by Crippen LogP contribution is -2.23. The zero-order valence-electron chi connectivity index (χ0n) is 18.4. The molecule has 1 amide bonds. The molecular weight excluding hydrogens is 374 g/mol. The van der Waals surface area contributed by atoms with Crippen LogP contribution in [0.2, 0.25) is 0 Å². The van der Waals surface area contributed by atoms with Gasteiger partial charge in [-0.05, 0) is 75.0 Å². The van der Waals surface area contributed by atoms with Crippen molar-refractivity contribution in [3.63, 3.8) is 0 Å². The standard InChI is InChI=1S/C26H37NO3/c1-3-4-12-26(2,30)13-6-9-22-23-16-19(15-21(23)17-24(22)28)11-10-18-7-5-8-20(14-18)25(27)29/h5-9,14-15,21-24,28,30H,3-4,10-13,16-17H2,1-2H3,(H2,27,29)/t21-,22+,23-,24+,26-/m0/s1. The van der Waals surface area contributed by atoms with Gasteiger partial charge in [-0.25, -0.2) is 0 Å². The van der Waals surface area contributed by atoms with Crippen molar-refractivity contribution in [2.75, 3.05) is 0 Å². The maximum absolute atomic E-state index is 11.4. The Labute approximate surface area is 180 Å². The average Bonchev–Trinajstić information content (AvgIpc) is 3.22. The molecule has 4 nitrogen and oxygen atoms in total. The topological polar surface area (TPSA) is 83.5 Å². The van der Waals surface area contributed by atoms with Gasteiger partial charge < -0.3 is 15.9 Å². The summed E-state index contributed by atoms with van der Waals surface area (Å²) in [6, 6.07) is 7.57. The maximum atomic E-state index is 11.4. The van der Waals surface area contributed by atoms with Crippen LogP contribution >= 0.6 is 0 Å². The number of fused-ring (bicyclic) bond motifs is 1. The van der Waals surface area contributed by atoms with Crippen LogP contribution in [0.4, 0.5) is 0 Å². The van der Waals surface area contributed by atoms with Crippen molar-refractivity contribution < 1.29 is 15.0 Å². The van der Waals surface area contributed by atoms with Crippen molar-refractivity contribution in [1.82, 2.24) is 0 Å². The highest BCUT2D eigenvalue weighted by Gasteiger charge is 2.43. The highest BCUT2D eigenvalue weighted by molar-refractivity contribution is 5.92. The Morgan fingerprint density at radius 3 is 2.87 bits per heavy atom. The normalized spacial score (nSPS) is 27.8. The van der Waals surface area contributed by atoms with Crippen LogP contribution in [0.5, 0.6) is 0 Å². The molecule has 1 aromatic carbocycles. The van der Waals surface area contributed by atoms with E-state index in [2.05, 4.69) is 25.2 Å². The average molecular weight is 412 g/mol. The van der Waals surface area contributed by atoms with Gasteiger partial charge in [-0.2, -0.15) is 0 Å². The lowest BCUT2D eigenvalue weighted by Gasteiger charge is -2.22. The lowest BCUT2D eigenvalue weighted by molar-refractivity contribution is 0.0513. The molecule has 4 heteroatoms. The number of aliphatic hydroxyl groups excluding tert-OH is 1. The van der Waals surface area contributed by atoms with Crippen molar-refractivity contribution in [1.29, 1.82) is 0 Å². The second-order valence-electron chi connectivity index (χ2n) is 9.53. The molecule has 0 bridgehead atoms. The molecular formula is C26H37NO3. The smallest absolute Gasteiger partial charge is 0.248 e. The first-order valence-corrected chi connectivity index (χ1v) is 11.4. The van der Waals surface area contributed by atoms with E-state index in [4.69, 9.17) is 5.73 Å². The lowest BCUT2D eigenvalue weighted by atomic mass is 9.87. The highest BCUT2D eigenvalue weighted by Crippen LogP contribution is 2.48. The van der Waals surface area contributed by atoms with Gasteiger partial charge in [0.2, 0.25) is 5.91 Å². The minimum Gasteiger partial charge on any atom is -0.392 e. The van der Waals surface area contributed by atoms with Crippen molar-refractivity contribution in [3.8, 4) is 0 Å². The van der Waals surface area contributed by atoms with Crippen molar-refractivity contribution in [3.05, 3.63) is 59.2 Å². The van der Waals surface area contributed by atoms with Crippen LogP contribution in [0.3, 0.4) is 0 Å². The predicted octanol–water partition coefficient (Wildman–Crippen LogP) is 4.55. The minimum atomic E-state index is -0.659. The number of nitrogens with two attached hydrogens (primary N) is 1. The number of carbonyl (C=O) groups is 1. The van der Waals surface area contributed by atoms with Gasteiger partial charge in [0.15, 0.2) is 0 Å². The molecule has 3 rings (SSSR count). The van der Waals surface area contributed by atoms with Crippen molar-refractivity contribution >= 4 is 5.91 Å². The number of allylic oxidation sites excluding steroid dienone is 2. The SMILES string of the molecule is CCCC[C@](C)(O)CC=C[C@@H]1[C@H]2CC(CCc3cccc(C(N)=O)c3)=C[C@H]2C[C@H]1O. The Kier molecular flexibility index (Phi) is 7.54.